The molecule has 3 nitrogen and oxygen atoms in total. The van der Waals surface area contributed by atoms with Gasteiger partial charge in [0.15, 0.2) is 0 Å². The Morgan fingerprint density at radius 1 is 1.39 bits per heavy atom. The third kappa shape index (κ3) is 3.86. The van der Waals surface area contributed by atoms with E-state index >= 15 is 0 Å². The largest absolute Gasteiger partial charge is 0.381 e. The number of rotatable bonds is 3. The highest BCUT2D eigenvalue weighted by atomic mass is 35.5. The zero-order valence-corrected chi connectivity index (χ0v) is 11.9. The van der Waals surface area contributed by atoms with Gasteiger partial charge in [0, 0.05) is 31.1 Å². The minimum absolute atomic E-state index is 0.133. The molecule has 0 radical (unpaired) electrons. The van der Waals surface area contributed by atoms with Gasteiger partial charge in [-0.3, -0.25) is 4.79 Å². The highest BCUT2D eigenvalue weighted by Crippen LogP contribution is 2.27. The van der Waals surface area contributed by atoms with E-state index in [-0.39, 0.29) is 11.8 Å². The highest BCUT2D eigenvalue weighted by molar-refractivity contribution is 6.20. The van der Waals surface area contributed by atoms with E-state index in [4.69, 9.17) is 16.3 Å². The average molecular weight is 274 g/mol. The van der Waals surface area contributed by atoms with Crippen molar-refractivity contribution in [3.8, 4) is 0 Å². The molecule has 1 heterocycles. The standard InChI is InChI=1S/C14H24ClNO2/c1-10-9-18-6-5-13(10)14(17)16-8-11-3-2-4-12(15)7-11/h10-13H,2-9H2,1H3,(H,16,17). The van der Waals surface area contributed by atoms with Crippen LogP contribution in [0.25, 0.3) is 0 Å². The molecule has 0 aromatic rings. The second-order valence-corrected chi connectivity index (χ2v) is 6.44. The first-order chi connectivity index (χ1) is 8.66. The lowest BCUT2D eigenvalue weighted by Gasteiger charge is -2.30. The van der Waals surface area contributed by atoms with Gasteiger partial charge in [-0.1, -0.05) is 13.3 Å². The van der Waals surface area contributed by atoms with Gasteiger partial charge in [0.2, 0.25) is 5.91 Å². The zero-order valence-electron chi connectivity index (χ0n) is 11.2. The lowest BCUT2D eigenvalue weighted by atomic mass is 9.87. The van der Waals surface area contributed by atoms with Crippen molar-refractivity contribution >= 4 is 17.5 Å². The Hall–Kier alpha value is -0.280. The minimum Gasteiger partial charge on any atom is -0.381 e. The number of hydrogen-bond acceptors (Lipinski definition) is 2. The van der Waals surface area contributed by atoms with Crippen LogP contribution in [0.3, 0.4) is 0 Å². The van der Waals surface area contributed by atoms with Gasteiger partial charge in [-0.15, -0.1) is 11.6 Å². The molecule has 2 fully saturated rings. The van der Waals surface area contributed by atoms with Crippen molar-refractivity contribution in [2.75, 3.05) is 19.8 Å². The molecule has 1 saturated carbocycles. The second kappa shape index (κ2) is 6.76. The van der Waals surface area contributed by atoms with Crippen LogP contribution in [0.4, 0.5) is 0 Å². The van der Waals surface area contributed by atoms with Crippen molar-refractivity contribution in [3.05, 3.63) is 0 Å². The summed E-state index contributed by atoms with van der Waals surface area (Å²) in [4.78, 5) is 12.1. The van der Waals surface area contributed by atoms with Crippen molar-refractivity contribution < 1.29 is 9.53 Å². The number of hydrogen-bond donors (Lipinski definition) is 1. The van der Waals surface area contributed by atoms with E-state index in [0.717, 1.165) is 32.4 Å². The number of alkyl halides is 1. The van der Waals surface area contributed by atoms with Gasteiger partial charge in [0.05, 0.1) is 0 Å². The first-order valence-corrected chi connectivity index (χ1v) is 7.60. The second-order valence-electron chi connectivity index (χ2n) is 5.82. The summed E-state index contributed by atoms with van der Waals surface area (Å²) in [6.07, 6.45) is 5.43. The Bertz CT molecular complexity index is 285. The van der Waals surface area contributed by atoms with E-state index in [2.05, 4.69) is 12.2 Å². The fourth-order valence-electron chi connectivity index (χ4n) is 3.06. The molecule has 4 unspecified atom stereocenters. The first kappa shape index (κ1) is 14.1. The molecule has 18 heavy (non-hydrogen) atoms. The van der Waals surface area contributed by atoms with Crippen molar-refractivity contribution in [2.45, 2.75) is 44.4 Å². The van der Waals surface area contributed by atoms with Gasteiger partial charge in [-0.05, 0) is 37.5 Å². The van der Waals surface area contributed by atoms with Crippen LogP contribution in [0, 0.1) is 17.8 Å². The predicted molar refractivity (Wildman–Crippen MR) is 72.7 cm³/mol. The molecule has 1 amide bonds. The van der Waals surface area contributed by atoms with E-state index in [1.54, 1.807) is 0 Å². The Morgan fingerprint density at radius 2 is 2.22 bits per heavy atom. The first-order valence-electron chi connectivity index (χ1n) is 7.16. The number of halogens is 1. The van der Waals surface area contributed by atoms with Crippen molar-refractivity contribution in [3.63, 3.8) is 0 Å². The number of nitrogens with one attached hydrogen (secondary N) is 1. The Morgan fingerprint density at radius 3 is 2.94 bits per heavy atom. The zero-order chi connectivity index (χ0) is 13.0. The number of carbonyl (C=O) groups excluding carboxylic acids is 1. The summed E-state index contributed by atoms with van der Waals surface area (Å²) >= 11 is 6.17. The van der Waals surface area contributed by atoms with Gasteiger partial charge < -0.3 is 10.1 Å². The molecule has 2 rings (SSSR count). The molecule has 0 aromatic heterocycles. The summed E-state index contributed by atoms with van der Waals surface area (Å²) in [5, 5.41) is 3.43. The van der Waals surface area contributed by atoms with Crippen LogP contribution in [0.15, 0.2) is 0 Å². The molecular weight excluding hydrogens is 250 g/mol. The van der Waals surface area contributed by atoms with Crippen LogP contribution in [0.2, 0.25) is 0 Å². The van der Waals surface area contributed by atoms with E-state index < -0.39 is 0 Å². The Kier molecular flexibility index (Phi) is 5.31. The van der Waals surface area contributed by atoms with Crippen LogP contribution in [-0.4, -0.2) is 31.0 Å². The maximum atomic E-state index is 12.1. The fourth-order valence-corrected chi connectivity index (χ4v) is 3.46. The lowest BCUT2D eigenvalue weighted by molar-refractivity contribution is -0.130. The molecule has 0 bridgehead atoms. The molecule has 4 heteroatoms. The monoisotopic (exact) mass is 273 g/mol. The van der Waals surface area contributed by atoms with Crippen LogP contribution in [0.1, 0.15) is 39.0 Å². The predicted octanol–water partition coefficient (Wildman–Crippen LogP) is 2.57. The number of amides is 1. The fraction of sp³-hybridized carbons (Fsp3) is 0.929. The summed E-state index contributed by atoms with van der Waals surface area (Å²) in [5.41, 5.74) is 0. The van der Waals surface area contributed by atoms with Gasteiger partial charge in [-0.25, -0.2) is 0 Å². The Labute approximate surface area is 115 Å². The summed E-state index contributed by atoms with van der Waals surface area (Å²) in [6.45, 7) is 4.33. The smallest absolute Gasteiger partial charge is 0.223 e. The van der Waals surface area contributed by atoms with Gasteiger partial charge >= 0.3 is 0 Å². The van der Waals surface area contributed by atoms with Crippen LogP contribution in [-0.2, 0) is 9.53 Å². The SMILES string of the molecule is CC1COCCC1C(=O)NCC1CCCC(Cl)C1. The van der Waals surface area contributed by atoms with E-state index in [1.165, 1.54) is 12.8 Å². The maximum Gasteiger partial charge on any atom is 0.223 e. The molecule has 4 atom stereocenters. The molecule has 104 valence electrons. The number of ether oxygens (including phenoxy) is 1. The van der Waals surface area contributed by atoms with Gasteiger partial charge in [-0.2, -0.15) is 0 Å². The minimum atomic E-state index is 0.133. The molecule has 1 saturated heterocycles. The highest BCUT2D eigenvalue weighted by Gasteiger charge is 2.29. The van der Waals surface area contributed by atoms with Crippen LogP contribution in [0.5, 0.6) is 0 Å². The van der Waals surface area contributed by atoms with Crippen LogP contribution < -0.4 is 5.32 Å². The quantitative estimate of drug-likeness (QED) is 0.803. The summed E-state index contributed by atoms with van der Waals surface area (Å²) in [5.74, 6) is 1.25. The normalized spacial score (nSPS) is 37.2. The van der Waals surface area contributed by atoms with Crippen molar-refractivity contribution in [2.24, 2.45) is 17.8 Å². The maximum absolute atomic E-state index is 12.1. The molecule has 2 aliphatic rings. The topological polar surface area (TPSA) is 38.3 Å². The van der Waals surface area contributed by atoms with Crippen molar-refractivity contribution in [1.82, 2.24) is 5.32 Å². The summed E-state index contributed by atoms with van der Waals surface area (Å²) in [7, 11) is 0. The van der Waals surface area contributed by atoms with E-state index in [1.807, 2.05) is 0 Å². The van der Waals surface area contributed by atoms with Gasteiger partial charge in [0.1, 0.15) is 0 Å². The lowest BCUT2D eigenvalue weighted by Crippen LogP contribution is -2.41. The molecule has 1 N–H and O–H groups in total. The molecule has 0 spiro atoms. The van der Waals surface area contributed by atoms with Crippen molar-refractivity contribution in [1.29, 1.82) is 0 Å². The van der Waals surface area contributed by atoms with Crippen LogP contribution >= 0.6 is 11.6 Å². The molecule has 1 aliphatic heterocycles. The van der Waals surface area contributed by atoms with E-state index in [9.17, 15) is 4.79 Å². The molecule has 0 aromatic carbocycles. The molecule has 1 aliphatic carbocycles. The third-order valence-corrected chi connectivity index (χ3v) is 4.66. The summed E-state index contributed by atoms with van der Waals surface area (Å²) in [6, 6.07) is 0. The van der Waals surface area contributed by atoms with E-state index in [0.29, 0.717) is 23.8 Å². The molecular formula is C14H24ClNO2. The third-order valence-electron chi connectivity index (χ3n) is 4.26. The Balaban J connectivity index is 1.73. The summed E-state index contributed by atoms with van der Waals surface area (Å²) < 4.78 is 5.37. The van der Waals surface area contributed by atoms with Gasteiger partial charge in [0.25, 0.3) is 0 Å². The average Bonchev–Trinajstić information content (AvgIpc) is 2.37. The number of carbonyl (C=O) groups is 1.